The van der Waals surface area contributed by atoms with Crippen molar-refractivity contribution in [3.8, 4) is 0 Å². The van der Waals surface area contributed by atoms with Crippen molar-refractivity contribution in [2.24, 2.45) is 0 Å². The van der Waals surface area contributed by atoms with Crippen LogP contribution in [0, 0.1) is 0 Å². The molecule has 0 amide bonds. The molecule has 16 heavy (non-hydrogen) atoms. The standard InChI is InChI=1S/C11H19FO4/c1-3-8-7-11(14,5-6-16-8)9(12)10(13)15-4-2/h8-9,14H,3-7H2,1-2H3. The molecule has 1 rings (SSSR count). The number of hydrogen-bond acceptors (Lipinski definition) is 4. The number of aliphatic hydroxyl groups is 1. The smallest absolute Gasteiger partial charge is 0.343 e. The number of carbonyl (C=O) groups excluding carboxylic acids is 1. The molecular weight excluding hydrogens is 215 g/mol. The summed E-state index contributed by atoms with van der Waals surface area (Å²) in [6.07, 6.45) is -1.21. The summed E-state index contributed by atoms with van der Waals surface area (Å²) < 4.78 is 23.7. The van der Waals surface area contributed by atoms with E-state index in [9.17, 15) is 14.3 Å². The first kappa shape index (κ1) is 13.4. The van der Waals surface area contributed by atoms with Gasteiger partial charge in [0.05, 0.1) is 12.7 Å². The van der Waals surface area contributed by atoms with E-state index in [1.165, 1.54) is 0 Å². The van der Waals surface area contributed by atoms with Crippen molar-refractivity contribution >= 4 is 5.97 Å². The number of hydrogen-bond donors (Lipinski definition) is 1. The Morgan fingerprint density at radius 2 is 2.38 bits per heavy atom. The fourth-order valence-corrected chi connectivity index (χ4v) is 1.88. The molecule has 0 saturated carbocycles. The number of rotatable bonds is 4. The Hall–Kier alpha value is -0.680. The lowest BCUT2D eigenvalue weighted by Gasteiger charge is -2.37. The predicted octanol–water partition coefficient (Wildman–Crippen LogP) is 1.21. The monoisotopic (exact) mass is 234 g/mol. The number of alkyl halides is 1. The van der Waals surface area contributed by atoms with Crippen LogP contribution in [0.2, 0.25) is 0 Å². The van der Waals surface area contributed by atoms with Crippen molar-refractivity contribution in [1.82, 2.24) is 0 Å². The van der Waals surface area contributed by atoms with E-state index in [0.29, 0.717) is 6.42 Å². The van der Waals surface area contributed by atoms with Crippen LogP contribution in [0.15, 0.2) is 0 Å². The van der Waals surface area contributed by atoms with Crippen LogP contribution in [-0.2, 0) is 14.3 Å². The molecule has 1 heterocycles. The van der Waals surface area contributed by atoms with E-state index < -0.39 is 17.7 Å². The number of halogens is 1. The molecule has 94 valence electrons. The molecule has 0 spiro atoms. The zero-order valence-electron chi connectivity index (χ0n) is 9.74. The normalized spacial score (nSPS) is 32.1. The maximum Gasteiger partial charge on any atom is 0.343 e. The van der Waals surface area contributed by atoms with E-state index in [2.05, 4.69) is 4.74 Å². The Bertz CT molecular complexity index is 246. The third-order valence-electron chi connectivity index (χ3n) is 2.89. The molecule has 0 aromatic heterocycles. The molecule has 3 atom stereocenters. The Kier molecular flexibility index (Phi) is 4.68. The van der Waals surface area contributed by atoms with Gasteiger partial charge in [-0.25, -0.2) is 9.18 Å². The Labute approximate surface area is 94.7 Å². The molecule has 0 radical (unpaired) electrons. The topological polar surface area (TPSA) is 55.8 Å². The van der Waals surface area contributed by atoms with Crippen molar-refractivity contribution in [3.05, 3.63) is 0 Å². The fourth-order valence-electron chi connectivity index (χ4n) is 1.88. The second-order valence-corrected chi connectivity index (χ2v) is 4.07. The van der Waals surface area contributed by atoms with Crippen molar-refractivity contribution in [2.75, 3.05) is 13.2 Å². The molecule has 1 aliphatic rings. The molecule has 0 aromatic rings. The molecular formula is C11H19FO4. The van der Waals surface area contributed by atoms with E-state index in [0.717, 1.165) is 0 Å². The summed E-state index contributed by atoms with van der Waals surface area (Å²) >= 11 is 0. The number of carbonyl (C=O) groups is 1. The van der Waals surface area contributed by atoms with Gasteiger partial charge in [-0.3, -0.25) is 0 Å². The summed E-state index contributed by atoms with van der Waals surface area (Å²) in [6.45, 7) is 3.89. The first-order valence-electron chi connectivity index (χ1n) is 5.68. The highest BCUT2D eigenvalue weighted by atomic mass is 19.1. The molecule has 0 bridgehead atoms. The van der Waals surface area contributed by atoms with Crippen LogP contribution >= 0.6 is 0 Å². The van der Waals surface area contributed by atoms with Gasteiger partial charge in [0.15, 0.2) is 0 Å². The highest BCUT2D eigenvalue weighted by Crippen LogP contribution is 2.31. The van der Waals surface area contributed by atoms with Gasteiger partial charge >= 0.3 is 5.97 Å². The molecule has 5 heteroatoms. The highest BCUT2D eigenvalue weighted by Gasteiger charge is 2.46. The second-order valence-electron chi connectivity index (χ2n) is 4.07. The van der Waals surface area contributed by atoms with Crippen LogP contribution in [0.5, 0.6) is 0 Å². The Balaban J connectivity index is 2.64. The van der Waals surface area contributed by atoms with Crippen LogP contribution in [0.25, 0.3) is 0 Å². The molecule has 3 unspecified atom stereocenters. The second kappa shape index (κ2) is 5.59. The van der Waals surface area contributed by atoms with Crippen LogP contribution in [0.4, 0.5) is 4.39 Å². The van der Waals surface area contributed by atoms with Crippen molar-refractivity contribution in [1.29, 1.82) is 0 Å². The van der Waals surface area contributed by atoms with Gasteiger partial charge in [-0.1, -0.05) is 6.92 Å². The molecule has 0 aliphatic carbocycles. The summed E-state index contributed by atoms with van der Waals surface area (Å²) in [6, 6.07) is 0. The van der Waals surface area contributed by atoms with Gasteiger partial charge in [0.2, 0.25) is 6.17 Å². The van der Waals surface area contributed by atoms with Crippen LogP contribution < -0.4 is 0 Å². The molecule has 1 aliphatic heterocycles. The minimum Gasteiger partial charge on any atom is -0.464 e. The van der Waals surface area contributed by atoms with Crippen molar-refractivity contribution in [3.63, 3.8) is 0 Å². The molecule has 1 fully saturated rings. The van der Waals surface area contributed by atoms with Gasteiger partial charge in [0.25, 0.3) is 0 Å². The predicted molar refractivity (Wildman–Crippen MR) is 55.7 cm³/mol. The lowest BCUT2D eigenvalue weighted by Crippen LogP contribution is -2.51. The van der Waals surface area contributed by atoms with E-state index in [1.54, 1.807) is 6.92 Å². The van der Waals surface area contributed by atoms with Gasteiger partial charge in [-0.15, -0.1) is 0 Å². The van der Waals surface area contributed by atoms with E-state index in [1.807, 2.05) is 6.92 Å². The van der Waals surface area contributed by atoms with E-state index in [-0.39, 0.29) is 32.2 Å². The lowest BCUT2D eigenvalue weighted by molar-refractivity contribution is -0.175. The minimum absolute atomic E-state index is 0.114. The van der Waals surface area contributed by atoms with Crippen LogP contribution in [0.3, 0.4) is 0 Å². The summed E-state index contributed by atoms with van der Waals surface area (Å²) in [5, 5.41) is 10.1. The summed E-state index contributed by atoms with van der Waals surface area (Å²) in [5.74, 6) is -0.984. The van der Waals surface area contributed by atoms with Gasteiger partial charge in [-0.2, -0.15) is 0 Å². The fraction of sp³-hybridized carbons (Fsp3) is 0.909. The maximum atomic E-state index is 13.8. The summed E-state index contributed by atoms with van der Waals surface area (Å²) in [5.41, 5.74) is -1.63. The average Bonchev–Trinajstić information content (AvgIpc) is 2.28. The maximum absolute atomic E-state index is 13.8. The quantitative estimate of drug-likeness (QED) is 0.743. The zero-order valence-corrected chi connectivity index (χ0v) is 9.74. The van der Waals surface area contributed by atoms with Crippen LogP contribution in [-0.4, -0.2) is 42.2 Å². The first-order chi connectivity index (χ1) is 7.53. The average molecular weight is 234 g/mol. The SMILES string of the molecule is CCOC(=O)C(F)C1(O)CCOC(CC)C1. The molecule has 1 saturated heterocycles. The summed E-state index contributed by atoms with van der Waals surface area (Å²) in [4.78, 5) is 11.2. The molecule has 1 N–H and O–H groups in total. The number of esters is 1. The third kappa shape index (κ3) is 2.92. The lowest BCUT2D eigenvalue weighted by atomic mass is 9.85. The Morgan fingerprint density at radius 1 is 1.69 bits per heavy atom. The first-order valence-corrected chi connectivity index (χ1v) is 5.68. The van der Waals surface area contributed by atoms with Gasteiger partial charge < -0.3 is 14.6 Å². The zero-order chi connectivity index (χ0) is 12.2. The van der Waals surface area contributed by atoms with Crippen molar-refractivity contribution in [2.45, 2.75) is 51.0 Å². The van der Waals surface area contributed by atoms with Crippen molar-refractivity contribution < 1.29 is 23.8 Å². The third-order valence-corrected chi connectivity index (χ3v) is 2.89. The van der Waals surface area contributed by atoms with E-state index >= 15 is 0 Å². The van der Waals surface area contributed by atoms with Gasteiger partial charge in [-0.05, 0) is 13.3 Å². The molecule has 0 aromatic carbocycles. The highest BCUT2D eigenvalue weighted by molar-refractivity contribution is 5.76. The largest absolute Gasteiger partial charge is 0.464 e. The van der Waals surface area contributed by atoms with Crippen LogP contribution in [0.1, 0.15) is 33.1 Å². The van der Waals surface area contributed by atoms with Gasteiger partial charge in [0, 0.05) is 19.4 Å². The molecule has 4 nitrogen and oxygen atoms in total. The summed E-state index contributed by atoms with van der Waals surface area (Å²) in [7, 11) is 0. The van der Waals surface area contributed by atoms with E-state index in [4.69, 9.17) is 4.74 Å². The minimum atomic E-state index is -1.98. The van der Waals surface area contributed by atoms with Gasteiger partial charge in [0.1, 0.15) is 5.60 Å². The Morgan fingerprint density at radius 3 is 2.94 bits per heavy atom. The number of ether oxygens (including phenoxy) is 2.